The van der Waals surface area contributed by atoms with Gasteiger partial charge < -0.3 is 10.1 Å². The molecule has 0 fully saturated rings. The van der Waals surface area contributed by atoms with E-state index in [-0.39, 0.29) is 17.4 Å². The molecular formula is C19H19BrN4O4S. The van der Waals surface area contributed by atoms with Crippen LogP contribution in [0.2, 0.25) is 0 Å². The molecule has 3 aromatic rings. The van der Waals surface area contributed by atoms with Gasteiger partial charge >= 0.3 is 0 Å². The highest BCUT2D eigenvalue weighted by Crippen LogP contribution is 2.29. The van der Waals surface area contributed by atoms with Crippen molar-refractivity contribution < 1.29 is 17.9 Å². The third kappa shape index (κ3) is 5.15. The number of aromatic nitrogens is 2. The predicted molar refractivity (Wildman–Crippen MR) is 116 cm³/mol. The standard InChI is InChI=1S/C19H19BrN4O4S/c1-3-29(26,27)24-15-9-8-14(10-18(15)28-2)21-19(25)17-11-16(22-23-17)12-4-6-13(20)7-5-12/h4-11,24H,3H2,1-2H3,(H,21,25)(H,22,23). The van der Waals surface area contributed by atoms with Crippen LogP contribution in [0.5, 0.6) is 5.75 Å². The number of halogens is 1. The molecule has 2 aromatic carbocycles. The molecule has 10 heteroatoms. The Hall–Kier alpha value is -2.85. The molecule has 0 unspecified atom stereocenters. The molecule has 0 aliphatic rings. The van der Waals surface area contributed by atoms with Gasteiger partial charge in [0.2, 0.25) is 10.0 Å². The zero-order valence-corrected chi connectivity index (χ0v) is 18.1. The maximum atomic E-state index is 12.5. The second-order valence-corrected chi connectivity index (χ2v) is 8.98. The van der Waals surface area contributed by atoms with Crippen molar-refractivity contribution in [1.29, 1.82) is 0 Å². The monoisotopic (exact) mass is 478 g/mol. The average molecular weight is 479 g/mol. The van der Waals surface area contributed by atoms with Crippen LogP contribution < -0.4 is 14.8 Å². The summed E-state index contributed by atoms with van der Waals surface area (Å²) in [4.78, 5) is 12.5. The van der Waals surface area contributed by atoms with Crippen molar-refractivity contribution in [3.8, 4) is 17.0 Å². The summed E-state index contributed by atoms with van der Waals surface area (Å²) in [5.74, 6) is -0.153. The van der Waals surface area contributed by atoms with E-state index in [4.69, 9.17) is 4.74 Å². The second kappa shape index (κ2) is 8.66. The van der Waals surface area contributed by atoms with Crippen LogP contribution in [0, 0.1) is 0 Å². The maximum Gasteiger partial charge on any atom is 0.273 e. The van der Waals surface area contributed by atoms with Gasteiger partial charge in [0, 0.05) is 21.8 Å². The number of ether oxygens (including phenoxy) is 1. The Labute approximate surface area is 176 Å². The van der Waals surface area contributed by atoms with E-state index < -0.39 is 10.0 Å². The van der Waals surface area contributed by atoms with E-state index in [0.29, 0.717) is 22.8 Å². The lowest BCUT2D eigenvalue weighted by atomic mass is 10.1. The number of hydrogen-bond acceptors (Lipinski definition) is 5. The number of amides is 1. The fourth-order valence-electron chi connectivity index (χ4n) is 2.50. The second-order valence-electron chi connectivity index (χ2n) is 6.05. The van der Waals surface area contributed by atoms with Gasteiger partial charge in [0.05, 0.1) is 24.2 Å². The van der Waals surface area contributed by atoms with Crippen LogP contribution in [-0.2, 0) is 10.0 Å². The Morgan fingerprint density at radius 1 is 1.17 bits per heavy atom. The molecule has 0 spiro atoms. The molecule has 1 amide bonds. The summed E-state index contributed by atoms with van der Waals surface area (Å²) in [6.45, 7) is 1.54. The fraction of sp³-hybridized carbons (Fsp3) is 0.158. The summed E-state index contributed by atoms with van der Waals surface area (Å²) in [5, 5.41) is 9.63. The Morgan fingerprint density at radius 2 is 1.90 bits per heavy atom. The van der Waals surface area contributed by atoms with Crippen molar-refractivity contribution in [3.05, 3.63) is 58.7 Å². The molecule has 0 radical (unpaired) electrons. The molecule has 0 atom stereocenters. The number of carbonyl (C=O) groups is 1. The Kier molecular flexibility index (Phi) is 6.23. The molecule has 1 aromatic heterocycles. The number of sulfonamides is 1. The molecular weight excluding hydrogens is 460 g/mol. The number of benzene rings is 2. The van der Waals surface area contributed by atoms with E-state index in [1.807, 2.05) is 24.3 Å². The molecule has 0 saturated carbocycles. The average Bonchev–Trinajstić information content (AvgIpc) is 3.20. The van der Waals surface area contributed by atoms with E-state index in [1.54, 1.807) is 12.1 Å². The summed E-state index contributed by atoms with van der Waals surface area (Å²) in [6, 6.07) is 13.9. The van der Waals surface area contributed by atoms with Crippen molar-refractivity contribution in [3.63, 3.8) is 0 Å². The Morgan fingerprint density at radius 3 is 2.55 bits per heavy atom. The zero-order valence-electron chi connectivity index (χ0n) is 15.7. The van der Waals surface area contributed by atoms with E-state index in [1.165, 1.54) is 26.2 Å². The highest BCUT2D eigenvalue weighted by atomic mass is 79.9. The number of carbonyl (C=O) groups excluding carboxylic acids is 1. The number of aromatic amines is 1. The third-order valence-corrected chi connectivity index (χ3v) is 5.89. The number of nitrogens with one attached hydrogen (secondary N) is 3. The van der Waals surface area contributed by atoms with Crippen molar-refractivity contribution in [2.45, 2.75) is 6.92 Å². The van der Waals surface area contributed by atoms with Gasteiger partial charge in [-0.3, -0.25) is 14.6 Å². The van der Waals surface area contributed by atoms with Crippen LogP contribution in [0.15, 0.2) is 53.0 Å². The van der Waals surface area contributed by atoms with Gasteiger partial charge in [-0.25, -0.2) is 8.42 Å². The van der Waals surface area contributed by atoms with Crippen molar-refractivity contribution in [1.82, 2.24) is 10.2 Å². The van der Waals surface area contributed by atoms with Crippen molar-refractivity contribution >= 4 is 43.2 Å². The van der Waals surface area contributed by atoms with Crippen LogP contribution in [0.4, 0.5) is 11.4 Å². The molecule has 3 N–H and O–H groups in total. The lowest BCUT2D eigenvalue weighted by Crippen LogP contribution is -2.16. The first kappa shape index (κ1) is 20.9. The quantitative estimate of drug-likeness (QED) is 0.476. The minimum absolute atomic E-state index is 0.0604. The summed E-state index contributed by atoms with van der Waals surface area (Å²) in [7, 11) is -2.02. The number of anilines is 2. The van der Waals surface area contributed by atoms with Crippen LogP contribution in [0.1, 0.15) is 17.4 Å². The molecule has 1 heterocycles. The lowest BCUT2D eigenvalue weighted by Gasteiger charge is -2.12. The van der Waals surface area contributed by atoms with Crippen LogP contribution in [-0.4, -0.2) is 37.4 Å². The summed E-state index contributed by atoms with van der Waals surface area (Å²) in [6.07, 6.45) is 0. The fourth-order valence-corrected chi connectivity index (χ4v) is 3.41. The number of hydrogen-bond donors (Lipinski definition) is 3. The Balaban J connectivity index is 1.76. The van der Waals surface area contributed by atoms with E-state index >= 15 is 0 Å². The van der Waals surface area contributed by atoms with Gasteiger partial charge in [-0.2, -0.15) is 5.10 Å². The van der Waals surface area contributed by atoms with Crippen LogP contribution in [0.25, 0.3) is 11.3 Å². The molecule has 0 saturated heterocycles. The maximum absolute atomic E-state index is 12.5. The molecule has 0 aliphatic heterocycles. The third-order valence-electron chi connectivity index (χ3n) is 4.07. The van der Waals surface area contributed by atoms with Crippen molar-refractivity contribution in [2.75, 3.05) is 22.9 Å². The smallest absolute Gasteiger partial charge is 0.273 e. The van der Waals surface area contributed by atoms with Crippen molar-refractivity contribution in [2.24, 2.45) is 0 Å². The molecule has 29 heavy (non-hydrogen) atoms. The Bertz CT molecular complexity index is 1130. The largest absolute Gasteiger partial charge is 0.494 e. The molecule has 0 aliphatic carbocycles. The lowest BCUT2D eigenvalue weighted by molar-refractivity contribution is 0.102. The first-order chi connectivity index (χ1) is 13.8. The first-order valence-corrected chi connectivity index (χ1v) is 11.1. The highest BCUT2D eigenvalue weighted by Gasteiger charge is 2.15. The first-order valence-electron chi connectivity index (χ1n) is 8.62. The van der Waals surface area contributed by atoms with Gasteiger partial charge in [-0.15, -0.1) is 0 Å². The SMILES string of the molecule is CCS(=O)(=O)Nc1ccc(NC(=O)c2cc(-c3ccc(Br)cc3)n[nH]2)cc1OC. The number of rotatable bonds is 7. The molecule has 3 rings (SSSR count). The summed E-state index contributed by atoms with van der Waals surface area (Å²) >= 11 is 3.38. The van der Waals surface area contributed by atoms with Gasteiger partial charge in [-0.1, -0.05) is 28.1 Å². The highest BCUT2D eigenvalue weighted by molar-refractivity contribution is 9.10. The number of H-pyrrole nitrogens is 1. The van der Waals surface area contributed by atoms with E-state index in [9.17, 15) is 13.2 Å². The van der Waals surface area contributed by atoms with Gasteiger partial charge in [-0.05, 0) is 37.3 Å². The molecule has 8 nitrogen and oxygen atoms in total. The van der Waals surface area contributed by atoms with E-state index in [0.717, 1.165) is 10.0 Å². The van der Waals surface area contributed by atoms with Gasteiger partial charge in [0.15, 0.2) is 0 Å². The predicted octanol–water partition coefficient (Wildman–Crippen LogP) is 3.86. The van der Waals surface area contributed by atoms with E-state index in [2.05, 4.69) is 36.2 Å². The van der Waals surface area contributed by atoms with Gasteiger partial charge in [0.1, 0.15) is 11.4 Å². The summed E-state index contributed by atoms with van der Waals surface area (Å²) in [5.41, 5.74) is 2.55. The number of methoxy groups -OCH3 is 1. The minimum Gasteiger partial charge on any atom is -0.494 e. The normalized spacial score (nSPS) is 11.1. The van der Waals surface area contributed by atoms with Crippen LogP contribution in [0.3, 0.4) is 0 Å². The number of nitrogens with zero attached hydrogens (tertiary/aromatic N) is 1. The topological polar surface area (TPSA) is 113 Å². The molecule has 0 bridgehead atoms. The molecule has 152 valence electrons. The minimum atomic E-state index is -3.44. The summed E-state index contributed by atoms with van der Waals surface area (Å²) < 4.78 is 32.2. The van der Waals surface area contributed by atoms with Crippen LogP contribution >= 0.6 is 15.9 Å². The zero-order chi connectivity index (χ0) is 21.0. The van der Waals surface area contributed by atoms with Gasteiger partial charge in [0.25, 0.3) is 5.91 Å².